The third kappa shape index (κ3) is 4.11. The van der Waals surface area contributed by atoms with Crippen molar-refractivity contribution in [1.29, 1.82) is 0 Å². The zero-order chi connectivity index (χ0) is 16.8. The zero-order valence-corrected chi connectivity index (χ0v) is 15.2. The van der Waals surface area contributed by atoms with Crippen molar-refractivity contribution in [2.24, 2.45) is 0 Å². The molecule has 0 unspecified atom stereocenters. The van der Waals surface area contributed by atoms with Crippen LogP contribution < -0.4 is 10.1 Å². The number of aryl methyl sites for hydroxylation is 2. The highest BCUT2D eigenvalue weighted by Crippen LogP contribution is 2.27. The molecule has 1 aliphatic rings. The van der Waals surface area contributed by atoms with Gasteiger partial charge in [0.05, 0.1) is 7.11 Å². The van der Waals surface area contributed by atoms with Gasteiger partial charge in [0.15, 0.2) is 0 Å². The number of hydrogen-bond acceptors (Lipinski definition) is 3. The normalized spacial score (nSPS) is 15.9. The van der Waals surface area contributed by atoms with E-state index in [2.05, 4.69) is 46.1 Å². The highest BCUT2D eigenvalue weighted by atomic mass is 16.5. The Labute approximate surface area is 145 Å². The van der Waals surface area contributed by atoms with Crippen LogP contribution in [0.4, 0.5) is 0 Å². The second-order valence-corrected chi connectivity index (χ2v) is 6.78. The molecule has 0 atom stereocenters. The summed E-state index contributed by atoms with van der Waals surface area (Å²) in [5.41, 5.74) is 2.82. The summed E-state index contributed by atoms with van der Waals surface area (Å²) in [6, 6.07) is 6.50. The summed E-state index contributed by atoms with van der Waals surface area (Å²) < 4.78 is 7.87. The minimum absolute atomic E-state index is 0.957. The fraction of sp³-hybridized carbons (Fsp3) is 0.600. The summed E-state index contributed by atoms with van der Waals surface area (Å²) in [5, 5.41) is 4.79. The lowest BCUT2D eigenvalue weighted by Crippen LogP contribution is -2.43. The number of fused-ring (bicyclic) bond motifs is 1. The number of aromatic nitrogens is 1. The molecule has 1 fully saturated rings. The van der Waals surface area contributed by atoms with Crippen LogP contribution in [0, 0.1) is 0 Å². The zero-order valence-electron chi connectivity index (χ0n) is 15.2. The van der Waals surface area contributed by atoms with E-state index < -0.39 is 0 Å². The predicted octanol–water partition coefficient (Wildman–Crippen LogP) is 3.29. The molecule has 3 rings (SSSR count). The molecule has 1 saturated heterocycles. The lowest BCUT2D eigenvalue weighted by Gasteiger charge is -2.26. The van der Waals surface area contributed by atoms with Gasteiger partial charge in [0.1, 0.15) is 5.75 Å². The maximum atomic E-state index is 5.44. The Morgan fingerprint density at radius 2 is 1.96 bits per heavy atom. The molecule has 0 spiro atoms. The first-order chi connectivity index (χ1) is 11.8. The van der Waals surface area contributed by atoms with Crippen LogP contribution >= 0.6 is 0 Å². The van der Waals surface area contributed by atoms with Crippen molar-refractivity contribution < 1.29 is 4.74 Å². The summed E-state index contributed by atoms with van der Waals surface area (Å²) >= 11 is 0. The van der Waals surface area contributed by atoms with E-state index in [1.165, 1.54) is 55.4 Å². The molecule has 2 aromatic rings. The fourth-order valence-corrected chi connectivity index (χ4v) is 3.62. The van der Waals surface area contributed by atoms with Crippen LogP contribution in [0.3, 0.4) is 0 Å². The predicted molar refractivity (Wildman–Crippen MR) is 101 cm³/mol. The number of piperazine rings is 1. The topological polar surface area (TPSA) is 29.4 Å². The average Bonchev–Trinajstić information content (AvgIpc) is 2.98. The van der Waals surface area contributed by atoms with E-state index in [1.54, 1.807) is 7.11 Å². The fourth-order valence-electron chi connectivity index (χ4n) is 3.62. The molecule has 0 radical (unpaired) electrons. The summed E-state index contributed by atoms with van der Waals surface area (Å²) in [6.07, 6.45) is 7.21. The Kier molecular flexibility index (Phi) is 6.16. The molecule has 1 aromatic carbocycles. The second kappa shape index (κ2) is 8.54. The molecule has 24 heavy (non-hydrogen) atoms. The van der Waals surface area contributed by atoms with Gasteiger partial charge in [-0.15, -0.1) is 0 Å². The first kappa shape index (κ1) is 17.3. The molecule has 0 bridgehead atoms. The van der Waals surface area contributed by atoms with Crippen molar-refractivity contribution in [3.8, 4) is 5.75 Å². The molecular weight excluding hydrogens is 298 g/mol. The minimum Gasteiger partial charge on any atom is -0.497 e. The summed E-state index contributed by atoms with van der Waals surface area (Å²) in [4.78, 5) is 2.58. The number of unbranched alkanes of at least 4 members (excludes halogenated alkanes) is 1. The van der Waals surface area contributed by atoms with E-state index in [-0.39, 0.29) is 0 Å². The van der Waals surface area contributed by atoms with Crippen LogP contribution in [0.25, 0.3) is 10.9 Å². The lowest BCUT2D eigenvalue weighted by atomic mass is 10.1. The van der Waals surface area contributed by atoms with Gasteiger partial charge in [-0.25, -0.2) is 0 Å². The molecule has 0 amide bonds. The molecule has 1 aromatic heterocycles. The van der Waals surface area contributed by atoms with Crippen LogP contribution in [0.5, 0.6) is 5.75 Å². The van der Waals surface area contributed by atoms with Crippen LogP contribution in [-0.4, -0.2) is 49.3 Å². The van der Waals surface area contributed by atoms with Crippen LogP contribution in [0.1, 0.15) is 31.7 Å². The molecule has 2 heterocycles. The maximum Gasteiger partial charge on any atom is 0.119 e. The quantitative estimate of drug-likeness (QED) is 0.806. The van der Waals surface area contributed by atoms with E-state index in [0.717, 1.165) is 31.8 Å². The average molecular weight is 329 g/mol. The minimum atomic E-state index is 0.957. The first-order valence-corrected chi connectivity index (χ1v) is 9.40. The Hall–Kier alpha value is -1.52. The van der Waals surface area contributed by atoms with Crippen LogP contribution in [-0.2, 0) is 13.0 Å². The van der Waals surface area contributed by atoms with Gasteiger partial charge in [-0.1, -0.05) is 13.3 Å². The van der Waals surface area contributed by atoms with Gasteiger partial charge >= 0.3 is 0 Å². The van der Waals surface area contributed by atoms with E-state index >= 15 is 0 Å². The van der Waals surface area contributed by atoms with Gasteiger partial charge in [0.2, 0.25) is 0 Å². The molecular formula is C20H31N3O. The van der Waals surface area contributed by atoms with Crippen molar-refractivity contribution in [1.82, 2.24) is 14.8 Å². The Morgan fingerprint density at radius 1 is 1.12 bits per heavy atom. The number of rotatable bonds is 8. The molecule has 132 valence electrons. The molecule has 1 aliphatic heterocycles. The maximum absolute atomic E-state index is 5.44. The molecule has 4 heteroatoms. The van der Waals surface area contributed by atoms with Crippen LogP contribution in [0.15, 0.2) is 24.4 Å². The summed E-state index contributed by atoms with van der Waals surface area (Å²) in [6.45, 7) is 9.20. The highest BCUT2D eigenvalue weighted by Gasteiger charge is 2.12. The number of benzene rings is 1. The third-order valence-corrected chi connectivity index (χ3v) is 5.05. The van der Waals surface area contributed by atoms with Crippen molar-refractivity contribution >= 4 is 10.9 Å². The van der Waals surface area contributed by atoms with E-state index in [1.807, 2.05) is 0 Å². The van der Waals surface area contributed by atoms with Crippen molar-refractivity contribution in [3.05, 3.63) is 30.0 Å². The smallest absolute Gasteiger partial charge is 0.119 e. The highest BCUT2D eigenvalue weighted by molar-refractivity contribution is 5.85. The number of nitrogens with zero attached hydrogens (tertiary/aromatic N) is 2. The van der Waals surface area contributed by atoms with E-state index in [9.17, 15) is 0 Å². The standard InChI is InChI=1S/C20H31N3O/c1-3-4-12-23-16-17(6-5-11-22-13-9-21-10-14-22)19-15-18(24-2)7-8-20(19)23/h7-8,15-16,21H,3-6,9-14H2,1-2H3. The van der Waals surface area contributed by atoms with Gasteiger partial charge in [0.25, 0.3) is 0 Å². The first-order valence-electron chi connectivity index (χ1n) is 9.40. The monoisotopic (exact) mass is 329 g/mol. The Morgan fingerprint density at radius 3 is 2.71 bits per heavy atom. The lowest BCUT2D eigenvalue weighted by molar-refractivity contribution is 0.238. The third-order valence-electron chi connectivity index (χ3n) is 5.05. The Balaban J connectivity index is 1.72. The molecule has 1 N–H and O–H groups in total. The number of nitrogens with one attached hydrogen (secondary N) is 1. The number of hydrogen-bond donors (Lipinski definition) is 1. The van der Waals surface area contributed by atoms with E-state index in [0.29, 0.717) is 0 Å². The van der Waals surface area contributed by atoms with Gasteiger partial charge in [-0.05, 0) is 49.6 Å². The largest absolute Gasteiger partial charge is 0.497 e. The summed E-state index contributed by atoms with van der Waals surface area (Å²) in [5.74, 6) is 0.957. The van der Waals surface area contributed by atoms with Gasteiger partial charge < -0.3 is 19.5 Å². The van der Waals surface area contributed by atoms with Crippen molar-refractivity contribution in [3.63, 3.8) is 0 Å². The van der Waals surface area contributed by atoms with Gasteiger partial charge in [-0.2, -0.15) is 0 Å². The van der Waals surface area contributed by atoms with E-state index in [4.69, 9.17) is 4.74 Å². The second-order valence-electron chi connectivity index (χ2n) is 6.78. The molecule has 0 aliphatic carbocycles. The van der Waals surface area contributed by atoms with Gasteiger partial charge in [0, 0.05) is 49.8 Å². The Bertz CT molecular complexity index is 644. The number of ether oxygens (including phenoxy) is 1. The van der Waals surface area contributed by atoms with Crippen molar-refractivity contribution in [2.45, 2.75) is 39.2 Å². The number of methoxy groups -OCH3 is 1. The SMILES string of the molecule is CCCCn1cc(CCCN2CCNCC2)c2cc(OC)ccc21. The molecule has 4 nitrogen and oxygen atoms in total. The van der Waals surface area contributed by atoms with Crippen LogP contribution in [0.2, 0.25) is 0 Å². The van der Waals surface area contributed by atoms with Gasteiger partial charge in [-0.3, -0.25) is 0 Å². The summed E-state index contributed by atoms with van der Waals surface area (Å²) in [7, 11) is 1.75. The van der Waals surface area contributed by atoms with Crippen molar-refractivity contribution in [2.75, 3.05) is 39.8 Å². The molecule has 0 saturated carbocycles.